The lowest BCUT2D eigenvalue weighted by molar-refractivity contribution is 0.313. The smallest absolute Gasteiger partial charge is 0.236 e. The van der Waals surface area contributed by atoms with Crippen molar-refractivity contribution in [1.29, 1.82) is 0 Å². The molecule has 0 saturated carbocycles. The zero-order valence-corrected chi connectivity index (χ0v) is 15.9. The van der Waals surface area contributed by atoms with Gasteiger partial charge in [0.05, 0.1) is 22.3 Å². The highest BCUT2D eigenvalue weighted by atomic mass is 32.1. The molecule has 0 bridgehead atoms. The molecule has 0 amide bonds. The Bertz CT molecular complexity index is 1020. The summed E-state index contributed by atoms with van der Waals surface area (Å²) in [5, 5.41) is 0. The van der Waals surface area contributed by atoms with Crippen molar-refractivity contribution in [2.24, 2.45) is 0 Å². The van der Waals surface area contributed by atoms with Crippen LogP contribution in [0.1, 0.15) is 21.9 Å². The lowest BCUT2D eigenvalue weighted by Gasteiger charge is -2.15. The topological polar surface area (TPSA) is 55.1 Å². The van der Waals surface area contributed by atoms with Crippen molar-refractivity contribution >= 4 is 34.1 Å². The first-order valence-corrected chi connectivity index (χ1v) is 9.56. The fraction of sp³-hybridized carbons (Fsp3) is 0.278. The van der Waals surface area contributed by atoms with Gasteiger partial charge in [0.15, 0.2) is 0 Å². The summed E-state index contributed by atoms with van der Waals surface area (Å²) in [6.07, 6.45) is 0. The van der Waals surface area contributed by atoms with Crippen molar-refractivity contribution in [1.82, 2.24) is 18.6 Å². The van der Waals surface area contributed by atoms with Crippen LogP contribution in [-0.2, 0) is 13.1 Å². The molecule has 0 saturated heterocycles. The van der Waals surface area contributed by atoms with Gasteiger partial charge < -0.3 is 4.42 Å². The summed E-state index contributed by atoms with van der Waals surface area (Å²) in [6, 6.07) is 10.4. The molecule has 0 fully saturated rings. The maximum absolute atomic E-state index is 5.87. The fourth-order valence-corrected chi connectivity index (χ4v) is 4.09. The van der Waals surface area contributed by atoms with E-state index >= 15 is 0 Å². The lowest BCUT2D eigenvalue weighted by Crippen LogP contribution is -2.18. The highest BCUT2D eigenvalue weighted by Gasteiger charge is 2.14. The lowest BCUT2D eigenvalue weighted by atomic mass is 10.2. The van der Waals surface area contributed by atoms with Crippen molar-refractivity contribution in [3.8, 4) is 10.8 Å². The number of nitrogens with zero attached hydrogens (tertiary/aromatic N) is 4. The number of hydrogen-bond acceptors (Lipinski definition) is 7. The molecule has 0 radical (unpaired) electrons. The number of rotatable bonds is 5. The second kappa shape index (κ2) is 6.67. The Morgan fingerprint density at radius 3 is 2.68 bits per heavy atom. The van der Waals surface area contributed by atoms with Crippen LogP contribution in [0.15, 0.2) is 34.7 Å². The minimum absolute atomic E-state index is 0.717. The molecule has 5 nitrogen and oxygen atoms in total. The summed E-state index contributed by atoms with van der Waals surface area (Å²) >= 11 is 2.96. The van der Waals surface area contributed by atoms with E-state index in [0.29, 0.717) is 5.89 Å². The molecule has 4 aromatic rings. The Morgan fingerprint density at radius 2 is 1.88 bits per heavy atom. The predicted molar refractivity (Wildman–Crippen MR) is 102 cm³/mol. The van der Waals surface area contributed by atoms with Gasteiger partial charge in [0.25, 0.3) is 0 Å². The van der Waals surface area contributed by atoms with Crippen LogP contribution < -0.4 is 0 Å². The van der Waals surface area contributed by atoms with E-state index in [2.05, 4.69) is 51.9 Å². The van der Waals surface area contributed by atoms with Gasteiger partial charge in [-0.15, -0.1) is 11.3 Å². The summed E-state index contributed by atoms with van der Waals surface area (Å²) < 4.78 is 14.4. The van der Waals surface area contributed by atoms with Crippen LogP contribution in [0.25, 0.3) is 21.8 Å². The number of aromatic nitrogens is 3. The number of benzene rings is 1. The maximum Gasteiger partial charge on any atom is 0.236 e. The largest absolute Gasteiger partial charge is 0.440 e. The quantitative estimate of drug-likeness (QED) is 0.511. The first kappa shape index (κ1) is 16.4. The molecule has 25 heavy (non-hydrogen) atoms. The summed E-state index contributed by atoms with van der Waals surface area (Å²) in [4.78, 5) is 9.27. The Morgan fingerprint density at radius 1 is 1.04 bits per heavy atom. The van der Waals surface area contributed by atoms with Crippen LogP contribution in [0.2, 0.25) is 0 Å². The van der Waals surface area contributed by atoms with Crippen LogP contribution in [0.5, 0.6) is 0 Å². The summed E-state index contributed by atoms with van der Waals surface area (Å²) in [5.41, 5.74) is 4.13. The number of thiophene rings is 1. The molecule has 7 heteroatoms. The molecular formula is C18H18N4OS2. The second-order valence-corrected chi connectivity index (χ2v) is 8.01. The van der Waals surface area contributed by atoms with Crippen molar-refractivity contribution in [3.05, 3.63) is 52.2 Å². The Labute approximate surface area is 154 Å². The monoisotopic (exact) mass is 370 g/mol. The number of aryl methyl sites for hydroxylation is 2. The first-order chi connectivity index (χ1) is 12.1. The van der Waals surface area contributed by atoms with Crippen LogP contribution in [-0.4, -0.2) is 25.7 Å². The number of oxazole rings is 1. The average Bonchev–Trinajstić information content (AvgIpc) is 3.28. The standard InChI is InChI=1S/C18H18N4OS2/c1-11-4-7-17(24-11)18-19-16(12(2)23-18)10-22(3)9-13-5-6-14-15(8-13)21-25-20-14/h4-8H,9-10H2,1-3H3. The normalized spacial score (nSPS) is 11.7. The highest BCUT2D eigenvalue weighted by Crippen LogP contribution is 2.29. The van der Waals surface area contributed by atoms with E-state index in [9.17, 15) is 0 Å². The van der Waals surface area contributed by atoms with E-state index in [0.717, 1.165) is 40.5 Å². The molecule has 128 valence electrons. The Hall–Kier alpha value is -2.09. The second-order valence-electron chi connectivity index (χ2n) is 6.19. The van der Waals surface area contributed by atoms with E-state index in [1.54, 1.807) is 11.3 Å². The molecule has 3 aromatic heterocycles. The van der Waals surface area contributed by atoms with Crippen LogP contribution >= 0.6 is 23.1 Å². The van der Waals surface area contributed by atoms with Gasteiger partial charge in [-0.1, -0.05) is 6.07 Å². The number of fused-ring (bicyclic) bond motifs is 1. The fourth-order valence-electron chi connectivity index (χ4n) is 2.78. The predicted octanol–water partition coefficient (Wildman–Crippen LogP) is 4.66. The minimum atomic E-state index is 0.717. The van der Waals surface area contributed by atoms with E-state index < -0.39 is 0 Å². The SMILES string of the molecule is Cc1ccc(-c2nc(CN(C)Cc3ccc4nsnc4c3)c(C)o2)s1. The summed E-state index contributed by atoms with van der Waals surface area (Å²) in [6.45, 7) is 5.64. The molecule has 0 aliphatic heterocycles. The van der Waals surface area contributed by atoms with Crippen LogP contribution in [0, 0.1) is 13.8 Å². The van der Waals surface area contributed by atoms with Gasteiger partial charge in [-0.25, -0.2) is 4.98 Å². The molecule has 0 atom stereocenters. The van der Waals surface area contributed by atoms with Crippen molar-refractivity contribution in [3.63, 3.8) is 0 Å². The third kappa shape index (κ3) is 3.49. The molecule has 0 spiro atoms. The van der Waals surface area contributed by atoms with E-state index in [-0.39, 0.29) is 0 Å². The van der Waals surface area contributed by atoms with Gasteiger partial charge in [-0.05, 0) is 50.7 Å². The van der Waals surface area contributed by atoms with Gasteiger partial charge in [0.1, 0.15) is 16.8 Å². The average molecular weight is 371 g/mol. The van der Waals surface area contributed by atoms with Gasteiger partial charge >= 0.3 is 0 Å². The molecule has 3 heterocycles. The van der Waals surface area contributed by atoms with Gasteiger partial charge in [0, 0.05) is 18.0 Å². The Kier molecular flexibility index (Phi) is 4.37. The molecule has 0 unspecified atom stereocenters. The minimum Gasteiger partial charge on any atom is -0.440 e. The van der Waals surface area contributed by atoms with Crippen LogP contribution in [0.4, 0.5) is 0 Å². The third-order valence-corrected chi connectivity index (χ3v) is 5.58. The maximum atomic E-state index is 5.87. The van der Waals surface area contributed by atoms with E-state index in [4.69, 9.17) is 9.40 Å². The van der Waals surface area contributed by atoms with Crippen molar-refractivity contribution < 1.29 is 4.42 Å². The summed E-state index contributed by atoms with van der Waals surface area (Å²) in [5.74, 6) is 1.60. The summed E-state index contributed by atoms with van der Waals surface area (Å²) in [7, 11) is 2.09. The van der Waals surface area contributed by atoms with Crippen LogP contribution in [0.3, 0.4) is 0 Å². The highest BCUT2D eigenvalue weighted by molar-refractivity contribution is 7.15. The molecular weight excluding hydrogens is 352 g/mol. The van der Waals surface area contributed by atoms with Gasteiger partial charge in [-0.3, -0.25) is 4.90 Å². The van der Waals surface area contributed by atoms with Gasteiger partial charge in [-0.2, -0.15) is 8.75 Å². The third-order valence-electron chi connectivity index (χ3n) is 4.03. The Balaban J connectivity index is 1.48. The zero-order chi connectivity index (χ0) is 17.4. The number of hydrogen-bond donors (Lipinski definition) is 0. The zero-order valence-electron chi connectivity index (χ0n) is 14.3. The van der Waals surface area contributed by atoms with E-state index in [1.807, 2.05) is 13.0 Å². The molecule has 0 aliphatic carbocycles. The van der Waals surface area contributed by atoms with Gasteiger partial charge in [0.2, 0.25) is 5.89 Å². The van der Waals surface area contributed by atoms with E-state index in [1.165, 1.54) is 22.2 Å². The first-order valence-electron chi connectivity index (χ1n) is 8.01. The van der Waals surface area contributed by atoms with Crippen molar-refractivity contribution in [2.75, 3.05) is 7.05 Å². The molecule has 0 aliphatic rings. The molecule has 0 N–H and O–H groups in total. The molecule has 1 aromatic carbocycles. The van der Waals surface area contributed by atoms with Crippen molar-refractivity contribution in [2.45, 2.75) is 26.9 Å². The molecule has 4 rings (SSSR count).